The van der Waals surface area contributed by atoms with Crippen LogP contribution >= 0.6 is 0 Å². The van der Waals surface area contributed by atoms with Crippen molar-refractivity contribution in [3.8, 4) is 0 Å². The maximum absolute atomic E-state index is 12.5. The van der Waals surface area contributed by atoms with E-state index in [0.717, 1.165) is 35.4 Å². The summed E-state index contributed by atoms with van der Waals surface area (Å²) in [7, 11) is 0. The Morgan fingerprint density at radius 1 is 1.38 bits per heavy atom. The fourth-order valence-corrected chi connectivity index (χ4v) is 3.39. The number of aryl methyl sites for hydroxylation is 1. The van der Waals surface area contributed by atoms with Gasteiger partial charge < -0.3 is 14.2 Å². The van der Waals surface area contributed by atoms with E-state index >= 15 is 0 Å². The molecule has 1 aliphatic heterocycles. The van der Waals surface area contributed by atoms with E-state index in [2.05, 4.69) is 11.6 Å². The second-order valence-corrected chi connectivity index (χ2v) is 6.69. The molecule has 3 rings (SSSR count). The lowest BCUT2D eigenvalue weighted by atomic mass is 9.96. The lowest BCUT2D eigenvalue weighted by Gasteiger charge is -2.32. The van der Waals surface area contributed by atoms with Crippen molar-refractivity contribution in [3.63, 3.8) is 0 Å². The summed E-state index contributed by atoms with van der Waals surface area (Å²) in [6.45, 7) is 9.27. The standard InChI is InChI=1S/C20H25N3O3/c1-4-17(24)22(5-2)13-18(25)23-11-9-15(10-12-23)20-21-16-8-6-7-14(3)19(16)26-20/h4,6-8,15H,1,5,9-13H2,2-3H3. The zero-order valence-electron chi connectivity index (χ0n) is 15.4. The van der Waals surface area contributed by atoms with Crippen LogP contribution in [0.1, 0.15) is 37.1 Å². The number of aromatic nitrogens is 1. The lowest BCUT2D eigenvalue weighted by Crippen LogP contribution is -2.45. The molecule has 2 heterocycles. The number of amides is 2. The molecule has 0 unspecified atom stereocenters. The first kappa shape index (κ1) is 18.2. The topological polar surface area (TPSA) is 66.7 Å². The molecule has 1 fully saturated rings. The molecule has 1 aromatic carbocycles. The Kier molecular flexibility index (Phi) is 5.40. The van der Waals surface area contributed by atoms with Gasteiger partial charge in [-0.25, -0.2) is 4.98 Å². The Balaban J connectivity index is 1.61. The first-order valence-corrected chi connectivity index (χ1v) is 9.08. The van der Waals surface area contributed by atoms with Gasteiger partial charge in [0.05, 0.1) is 6.54 Å². The zero-order chi connectivity index (χ0) is 18.7. The van der Waals surface area contributed by atoms with Gasteiger partial charge in [-0.1, -0.05) is 18.7 Å². The van der Waals surface area contributed by atoms with Gasteiger partial charge in [0.15, 0.2) is 11.5 Å². The molecular formula is C20H25N3O3. The second kappa shape index (κ2) is 7.72. The van der Waals surface area contributed by atoms with Gasteiger partial charge in [-0.15, -0.1) is 0 Å². The van der Waals surface area contributed by atoms with Crippen LogP contribution in [0.15, 0.2) is 35.3 Å². The molecule has 138 valence electrons. The monoisotopic (exact) mass is 355 g/mol. The summed E-state index contributed by atoms with van der Waals surface area (Å²) < 4.78 is 5.98. The van der Waals surface area contributed by atoms with Gasteiger partial charge in [-0.05, 0) is 44.4 Å². The van der Waals surface area contributed by atoms with E-state index in [1.165, 1.54) is 11.0 Å². The van der Waals surface area contributed by atoms with Crippen LogP contribution in [0.5, 0.6) is 0 Å². The number of rotatable bonds is 5. The van der Waals surface area contributed by atoms with Crippen LogP contribution < -0.4 is 0 Å². The van der Waals surface area contributed by atoms with E-state index < -0.39 is 0 Å². The highest BCUT2D eigenvalue weighted by Gasteiger charge is 2.28. The largest absolute Gasteiger partial charge is 0.440 e. The molecule has 0 atom stereocenters. The SMILES string of the molecule is C=CC(=O)N(CC)CC(=O)N1CCC(c2nc3cccc(C)c3o2)CC1. The smallest absolute Gasteiger partial charge is 0.246 e. The molecule has 6 heteroatoms. The van der Waals surface area contributed by atoms with Gasteiger partial charge in [0, 0.05) is 25.6 Å². The van der Waals surface area contributed by atoms with Crippen molar-refractivity contribution in [3.05, 3.63) is 42.3 Å². The van der Waals surface area contributed by atoms with Crippen molar-refractivity contribution in [2.45, 2.75) is 32.6 Å². The predicted molar refractivity (Wildman–Crippen MR) is 99.8 cm³/mol. The number of carbonyl (C=O) groups is 2. The Morgan fingerprint density at radius 2 is 2.12 bits per heavy atom. The molecule has 2 aromatic rings. The van der Waals surface area contributed by atoms with Gasteiger partial charge in [-0.2, -0.15) is 0 Å². The fourth-order valence-electron chi connectivity index (χ4n) is 3.39. The molecule has 2 amide bonds. The van der Waals surface area contributed by atoms with E-state index in [1.807, 2.05) is 36.9 Å². The van der Waals surface area contributed by atoms with Gasteiger partial charge >= 0.3 is 0 Å². The minimum atomic E-state index is -0.211. The number of nitrogens with zero attached hydrogens (tertiary/aromatic N) is 3. The molecule has 0 N–H and O–H groups in total. The van der Waals surface area contributed by atoms with Crippen LogP contribution in [0.4, 0.5) is 0 Å². The van der Waals surface area contributed by atoms with E-state index in [-0.39, 0.29) is 24.3 Å². The zero-order valence-corrected chi connectivity index (χ0v) is 15.4. The average molecular weight is 355 g/mol. The van der Waals surface area contributed by atoms with Gasteiger partial charge in [-0.3, -0.25) is 9.59 Å². The van der Waals surface area contributed by atoms with Crippen LogP contribution in [-0.2, 0) is 9.59 Å². The Morgan fingerprint density at radius 3 is 2.73 bits per heavy atom. The molecule has 6 nitrogen and oxygen atoms in total. The summed E-state index contributed by atoms with van der Waals surface area (Å²) in [5, 5.41) is 0. The summed E-state index contributed by atoms with van der Waals surface area (Å²) in [4.78, 5) is 32.2. The van der Waals surface area contributed by atoms with Crippen molar-refractivity contribution < 1.29 is 14.0 Å². The molecule has 0 aliphatic carbocycles. The summed E-state index contributed by atoms with van der Waals surface area (Å²) in [6.07, 6.45) is 2.89. The number of benzene rings is 1. The molecule has 26 heavy (non-hydrogen) atoms. The van der Waals surface area contributed by atoms with Crippen LogP contribution in [0, 0.1) is 6.92 Å². The van der Waals surface area contributed by atoms with Gasteiger partial charge in [0.1, 0.15) is 5.52 Å². The van der Waals surface area contributed by atoms with Crippen LogP contribution in [0.2, 0.25) is 0 Å². The quantitative estimate of drug-likeness (QED) is 0.774. The number of fused-ring (bicyclic) bond motifs is 1. The third kappa shape index (κ3) is 3.64. The highest BCUT2D eigenvalue weighted by Crippen LogP contribution is 2.31. The maximum atomic E-state index is 12.5. The number of para-hydroxylation sites is 1. The van der Waals surface area contributed by atoms with E-state index in [0.29, 0.717) is 19.6 Å². The van der Waals surface area contributed by atoms with Crippen molar-refractivity contribution >= 4 is 22.9 Å². The molecule has 0 saturated carbocycles. The number of hydrogen-bond donors (Lipinski definition) is 0. The summed E-state index contributed by atoms with van der Waals surface area (Å²) in [6, 6.07) is 5.96. The normalized spacial score (nSPS) is 15.2. The molecule has 0 spiro atoms. The molecule has 1 aromatic heterocycles. The Labute approximate surface area is 153 Å². The van der Waals surface area contributed by atoms with E-state index in [1.54, 1.807) is 0 Å². The third-order valence-electron chi connectivity index (χ3n) is 5.02. The van der Waals surface area contributed by atoms with Crippen molar-refractivity contribution in [1.29, 1.82) is 0 Å². The maximum Gasteiger partial charge on any atom is 0.246 e. The summed E-state index contributed by atoms with van der Waals surface area (Å²) >= 11 is 0. The minimum Gasteiger partial charge on any atom is -0.440 e. The van der Waals surface area contributed by atoms with E-state index in [9.17, 15) is 9.59 Å². The van der Waals surface area contributed by atoms with Gasteiger partial charge in [0.25, 0.3) is 0 Å². The first-order valence-electron chi connectivity index (χ1n) is 9.08. The summed E-state index contributed by atoms with van der Waals surface area (Å²) in [5.41, 5.74) is 2.82. The first-order chi connectivity index (χ1) is 12.5. The van der Waals surface area contributed by atoms with Gasteiger partial charge in [0.2, 0.25) is 11.8 Å². The molecule has 1 saturated heterocycles. The van der Waals surface area contributed by atoms with Crippen molar-refractivity contribution in [2.24, 2.45) is 0 Å². The van der Waals surface area contributed by atoms with Crippen LogP contribution in [-0.4, -0.2) is 52.8 Å². The van der Waals surface area contributed by atoms with Crippen molar-refractivity contribution in [1.82, 2.24) is 14.8 Å². The molecule has 0 radical (unpaired) electrons. The predicted octanol–water partition coefficient (Wildman–Crippen LogP) is 2.88. The minimum absolute atomic E-state index is 0.0195. The number of carbonyl (C=O) groups excluding carboxylic acids is 2. The second-order valence-electron chi connectivity index (χ2n) is 6.69. The third-order valence-corrected chi connectivity index (χ3v) is 5.02. The number of piperidine rings is 1. The molecule has 1 aliphatic rings. The van der Waals surface area contributed by atoms with Crippen LogP contribution in [0.25, 0.3) is 11.1 Å². The van der Waals surface area contributed by atoms with E-state index in [4.69, 9.17) is 4.42 Å². The lowest BCUT2D eigenvalue weighted by molar-refractivity contribution is -0.138. The fraction of sp³-hybridized carbons (Fsp3) is 0.450. The number of oxazole rings is 1. The Hall–Kier alpha value is -2.63. The number of hydrogen-bond acceptors (Lipinski definition) is 4. The number of likely N-dealkylation sites (N-methyl/N-ethyl adjacent to an activating group) is 1. The molecule has 0 bridgehead atoms. The average Bonchev–Trinajstić information content (AvgIpc) is 3.11. The molecular weight excluding hydrogens is 330 g/mol. The van der Waals surface area contributed by atoms with Crippen molar-refractivity contribution in [2.75, 3.05) is 26.2 Å². The number of likely N-dealkylation sites (tertiary alicyclic amines) is 1. The van der Waals surface area contributed by atoms with Crippen LogP contribution in [0.3, 0.4) is 0 Å². The summed E-state index contributed by atoms with van der Waals surface area (Å²) in [5.74, 6) is 0.757. The highest BCUT2D eigenvalue weighted by molar-refractivity contribution is 5.90. The highest BCUT2D eigenvalue weighted by atomic mass is 16.3. The Bertz CT molecular complexity index is 819.